The number of aromatic nitrogens is 1. The standard InChI is InChI=1S/C9H16ClN3O2S2/c1-3-13(17(2,14)15)6-4-5-11-9-12-8(10)7-16-9/h7H,3-6H2,1-2H3,(H,11,12). The molecular formula is C9H16ClN3O2S2. The largest absolute Gasteiger partial charge is 0.361 e. The van der Waals surface area contributed by atoms with Crippen LogP contribution in [0.25, 0.3) is 0 Å². The Hall–Kier alpha value is -0.370. The van der Waals surface area contributed by atoms with E-state index < -0.39 is 10.0 Å². The summed E-state index contributed by atoms with van der Waals surface area (Å²) in [5.41, 5.74) is 0. The Morgan fingerprint density at radius 1 is 1.59 bits per heavy atom. The van der Waals surface area contributed by atoms with Crippen molar-refractivity contribution in [2.45, 2.75) is 13.3 Å². The van der Waals surface area contributed by atoms with Crippen LogP contribution in [0, 0.1) is 0 Å². The van der Waals surface area contributed by atoms with Gasteiger partial charge in [0, 0.05) is 25.0 Å². The Morgan fingerprint density at radius 3 is 2.76 bits per heavy atom. The molecule has 0 aliphatic carbocycles. The minimum atomic E-state index is -3.08. The first kappa shape index (κ1) is 14.7. The molecule has 5 nitrogen and oxygen atoms in total. The van der Waals surface area contributed by atoms with Gasteiger partial charge in [0.1, 0.15) is 5.15 Å². The highest BCUT2D eigenvalue weighted by Crippen LogP contribution is 2.18. The van der Waals surface area contributed by atoms with Crippen molar-refractivity contribution in [3.63, 3.8) is 0 Å². The Bertz CT molecular complexity index is 447. The first-order valence-electron chi connectivity index (χ1n) is 5.23. The van der Waals surface area contributed by atoms with Crippen LogP contribution in [0.3, 0.4) is 0 Å². The zero-order chi connectivity index (χ0) is 12.9. The second-order valence-electron chi connectivity index (χ2n) is 3.51. The average molecular weight is 298 g/mol. The van der Waals surface area contributed by atoms with Crippen LogP contribution >= 0.6 is 22.9 Å². The molecule has 0 fully saturated rings. The highest BCUT2D eigenvalue weighted by molar-refractivity contribution is 7.88. The van der Waals surface area contributed by atoms with Gasteiger partial charge in [0.15, 0.2) is 5.13 Å². The molecule has 98 valence electrons. The summed E-state index contributed by atoms with van der Waals surface area (Å²) in [6, 6.07) is 0. The number of thiazole rings is 1. The fourth-order valence-electron chi connectivity index (χ4n) is 1.34. The minimum absolute atomic E-state index is 0.476. The SMILES string of the molecule is CCN(CCCNc1nc(Cl)cs1)S(C)(=O)=O. The topological polar surface area (TPSA) is 62.3 Å². The van der Waals surface area contributed by atoms with Crippen LogP contribution < -0.4 is 5.32 Å². The number of anilines is 1. The van der Waals surface area contributed by atoms with E-state index in [1.165, 1.54) is 21.9 Å². The molecule has 0 saturated heterocycles. The van der Waals surface area contributed by atoms with Crippen LogP contribution in [-0.4, -0.2) is 43.6 Å². The maximum absolute atomic E-state index is 11.3. The van der Waals surface area contributed by atoms with E-state index >= 15 is 0 Å². The lowest BCUT2D eigenvalue weighted by Gasteiger charge is -2.17. The van der Waals surface area contributed by atoms with E-state index in [-0.39, 0.29) is 0 Å². The summed E-state index contributed by atoms with van der Waals surface area (Å²) in [5.74, 6) is 0. The van der Waals surface area contributed by atoms with E-state index in [1.54, 1.807) is 5.38 Å². The predicted octanol–water partition coefficient (Wildman–Crippen LogP) is 1.88. The monoisotopic (exact) mass is 297 g/mol. The Balaban J connectivity index is 2.28. The maximum Gasteiger partial charge on any atom is 0.211 e. The van der Waals surface area contributed by atoms with Gasteiger partial charge in [-0.15, -0.1) is 11.3 Å². The number of hydrogen-bond donors (Lipinski definition) is 1. The number of nitrogens with one attached hydrogen (secondary N) is 1. The summed E-state index contributed by atoms with van der Waals surface area (Å²) in [6.07, 6.45) is 1.96. The molecule has 8 heteroatoms. The van der Waals surface area contributed by atoms with Crippen LogP contribution in [-0.2, 0) is 10.0 Å². The summed E-state index contributed by atoms with van der Waals surface area (Å²) < 4.78 is 24.1. The molecule has 0 saturated carbocycles. The molecule has 0 aliphatic rings. The number of hydrogen-bond acceptors (Lipinski definition) is 5. The molecule has 0 amide bonds. The summed E-state index contributed by atoms with van der Waals surface area (Å²) in [5, 5.41) is 6.08. The fraction of sp³-hybridized carbons (Fsp3) is 0.667. The van der Waals surface area contributed by atoms with Gasteiger partial charge in [-0.05, 0) is 6.42 Å². The van der Waals surface area contributed by atoms with Crippen LogP contribution in [0.2, 0.25) is 5.15 Å². The third kappa shape index (κ3) is 5.20. The lowest BCUT2D eigenvalue weighted by Crippen LogP contribution is -2.31. The first-order valence-corrected chi connectivity index (χ1v) is 8.34. The fourth-order valence-corrected chi connectivity index (χ4v) is 3.14. The van der Waals surface area contributed by atoms with Gasteiger partial charge in [-0.3, -0.25) is 0 Å². The van der Waals surface area contributed by atoms with E-state index in [2.05, 4.69) is 10.3 Å². The maximum atomic E-state index is 11.3. The molecule has 1 N–H and O–H groups in total. The van der Waals surface area contributed by atoms with Crippen molar-refractivity contribution in [2.75, 3.05) is 31.2 Å². The molecule has 1 rings (SSSR count). The van der Waals surface area contributed by atoms with Gasteiger partial charge in [-0.25, -0.2) is 17.7 Å². The summed E-state index contributed by atoms with van der Waals surface area (Å²) >= 11 is 7.11. The Labute approximate surface area is 111 Å². The van der Waals surface area contributed by atoms with E-state index in [0.29, 0.717) is 24.8 Å². The molecule has 17 heavy (non-hydrogen) atoms. The summed E-state index contributed by atoms with van der Waals surface area (Å²) in [4.78, 5) is 4.04. The van der Waals surface area contributed by atoms with Crippen LogP contribution in [0.15, 0.2) is 5.38 Å². The molecule has 1 heterocycles. The molecule has 0 bridgehead atoms. The summed E-state index contributed by atoms with van der Waals surface area (Å²) in [7, 11) is -3.08. The highest BCUT2D eigenvalue weighted by atomic mass is 35.5. The van der Waals surface area contributed by atoms with Crippen molar-refractivity contribution in [3.05, 3.63) is 10.5 Å². The van der Waals surface area contributed by atoms with Crippen molar-refractivity contribution < 1.29 is 8.42 Å². The van der Waals surface area contributed by atoms with Crippen molar-refractivity contribution in [2.24, 2.45) is 0 Å². The van der Waals surface area contributed by atoms with Crippen LogP contribution in [0.4, 0.5) is 5.13 Å². The molecule has 0 unspecified atom stereocenters. The zero-order valence-electron chi connectivity index (χ0n) is 9.81. The zero-order valence-corrected chi connectivity index (χ0v) is 12.2. The van der Waals surface area contributed by atoms with E-state index in [4.69, 9.17) is 11.6 Å². The predicted molar refractivity (Wildman–Crippen MR) is 72.3 cm³/mol. The molecular weight excluding hydrogens is 282 g/mol. The third-order valence-electron chi connectivity index (χ3n) is 2.16. The number of nitrogens with zero attached hydrogens (tertiary/aromatic N) is 2. The second-order valence-corrected chi connectivity index (χ2v) is 6.74. The van der Waals surface area contributed by atoms with Gasteiger partial charge >= 0.3 is 0 Å². The molecule has 1 aromatic heterocycles. The van der Waals surface area contributed by atoms with Crippen molar-refractivity contribution >= 4 is 38.1 Å². The van der Waals surface area contributed by atoms with Gasteiger partial charge in [-0.2, -0.15) is 0 Å². The second kappa shape index (κ2) is 6.53. The molecule has 0 aromatic carbocycles. The number of rotatable bonds is 7. The van der Waals surface area contributed by atoms with Gasteiger partial charge < -0.3 is 5.32 Å². The number of sulfonamides is 1. The molecule has 0 spiro atoms. The minimum Gasteiger partial charge on any atom is -0.361 e. The van der Waals surface area contributed by atoms with Crippen molar-refractivity contribution in [1.29, 1.82) is 0 Å². The lowest BCUT2D eigenvalue weighted by molar-refractivity contribution is 0.429. The smallest absolute Gasteiger partial charge is 0.211 e. The van der Waals surface area contributed by atoms with E-state index in [1.807, 2.05) is 6.92 Å². The van der Waals surface area contributed by atoms with Gasteiger partial charge in [-0.1, -0.05) is 18.5 Å². The van der Waals surface area contributed by atoms with Gasteiger partial charge in [0.2, 0.25) is 10.0 Å². The Morgan fingerprint density at radius 2 is 2.29 bits per heavy atom. The van der Waals surface area contributed by atoms with E-state index in [0.717, 1.165) is 11.6 Å². The molecule has 0 radical (unpaired) electrons. The van der Waals surface area contributed by atoms with Crippen molar-refractivity contribution in [1.82, 2.24) is 9.29 Å². The normalized spacial score (nSPS) is 12.0. The molecule has 0 aliphatic heterocycles. The number of halogens is 1. The van der Waals surface area contributed by atoms with E-state index in [9.17, 15) is 8.42 Å². The molecule has 1 aromatic rings. The van der Waals surface area contributed by atoms with Crippen molar-refractivity contribution in [3.8, 4) is 0 Å². The van der Waals surface area contributed by atoms with Crippen LogP contribution in [0.5, 0.6) is 0 Å². The summed E-state index contributed by atoms with van der Waals surface area (Å²) in [6.45, 7) is 3.52. The average Bonchev–Trinajstić information content (AvgIpc) is 2.62. The third-order valence-corrected chi connectivity index (χ3v) is 4.66. The van der Waals surface area contributed by atoms with Crippen LogP contribution in [0.1, 0.15) is 13.3 Å². The Kier molecular flexibility index (Phi) is 5.64. The first-order chi connectivity index (χ1) is 7.93. The molecule has 0 atom stereocenters. The van der Waals surface area contributed by atoms with Gasteiger partial charge in [0.25, 0.3) is 0 Å². The van der Waals surface area contributed by atoms with Gasteiger partial charge in [0.05, 0.1) is 6.26 Å². The highest BCUT2D eigenvalue weighted by Gasteiger charge is 2.13. The lowest BCUT2D eigenvalue weighted by atomic mass is 10.4. The quantitative estimate of drug-likeness (QED) is 0.781.